The number of carbonyl (C=O) groups excluding carboxylic acids is 2. The number of nitrogens with one attached hydrogen (secondary N) is 4. The normalized spacial score (nSPS) is 27.9. The molecule has 4 rings (SSSR count). The summed E-state index contributed by atoms with van der Waals surface area (Å²) in [4.78, 5) is 24.4. The molecule has 1 aromatic rings. The molecule has 2 unspecified atom stereocenters. The van der Waals surface area contributed by atoms with Crippen LogP contribution in [0.4, 0.5) is 13.6 Å². The van der Waals surface area contributed by atoms with Gasteiger partial charge >= 0.3 is 6.09 Å². The first-order chi connectivity index (χ1) is 15.9. The van der Waals surface area contributed by atoms with Crippen molar-refractivity contribution in [1.82, 2.24) is 21.5 Å². The van der Waals surface area contributed by atoms with Crippen LogP contribution in [0.15, 0.2) is 18.2 Å². The summed E-state index contributed by atoms with van der Waals surface area (Å²) in [6.07, 6.45) is 4.28. The lowest BCUT2D eigenvalue weighted by Gasteiger charge is -2.22. The number of benzene rings is 1. The van der Waals surface area contributed by atoms with E-state index in [-0.39, 0.29) is 36.7 Å². The summed E-state index contributed by atoms with van der Waals surface area (Å²) < 4.78 is 37.6. The third-order valence-corrected chi connectivity index (χ3v) is 6.70. The molecule has 0 bridgehead atoms. The van der Waals surface area contributed by atoms with Gasteiger partial charge < -0.3 is 20.1 Å². The fraction of sp³-hybridized carbons (Fsp3) is 0.652. The van der Waals surface area contributed by atoms with Crippen molar-refractivity contribution in [3.63, 3.8) is 0 Å². The minimum Gasteiger partial charge on any atom is -0.446 e. The number of hydrogen-bond donors (Lipinski definition) is 4. The van der Waals surface area contributed by atoms with Crippen LogP contribution in [0.2, 0.25) is 0 Å². The van der Waals surface area contributed by atoms with E-state index in [1.165, 1.54) is 0 Å². The highest BCUT2D eigenvalue weighted by atomic mass is 19.1. The first-order valence-corrected chi connectivity index (χ1v) is 11.7. The van der Waals surface area contributed by atoms with Crippen LogP contribution in [0.1, 0.15) is 44.1 Å². The first-order valence-electron chi connectivity index (χ1n) is 11.7. The molecule has 2 aliphatic heterocycles. The fourth-order valence-electron chi connectivity index (χ4n) is 4.95. The maximum Gasteiger partial charge on any atom is 0.407 e. The highest BCUT2D eigenvalue weighted by molar-refractivity contribution is 5.78. The lowest BCUT2D eigenvalue weighted by atomic mass is 9.96. The highest BCUT2D eigenvalue weighted by Crippen LogP contribution is 2.33. The topological polar surface area (TPSA) is 101 Å². The minimum atomic E-state index is -0.700. The van der Waals surface area contributed by atoms with Crippen molar-refractivity contribution in [2.75, 3.05) is 19.8 Å². The van der Waals surface area contributed by atoms with Crippen molar-refractivity contribution >= 4 is 12.0 Å². The zero-order valence-corrected chi connectivity index (χ0v) is 18.6. The van der Waals surface area contributed by atoms with Crippen LogP contribution in [0.3, 0.4) is 0 Å². The Labute approximate surface area is 192 Å². The molecule has 10 heteroatoms. The molecule has 0 aromatic heterocycles. The molecular formula is C23H32F2N4O4. The van der Waals surface area contributed by atoms with Crippen LogP contribution in [0, 0.1) is 23.5 Å². The van der Waals surface area contributed by atoms with Crippen molar-refractivity contribution in [1.29, 1.82) is 0 Å². The van der Waals surface area contributed by atoms with Crippen LogP contribution in [-0.2, 0) is 20.7 Å². The molecule has 2 heterocycles. The van der Waals surface area contributed by atoms with Gasteiger partial charge in [0.15, 0.2) is 0 Å². The van der Waals surface area contributed by atoms with E-state index in [0.29, 0.717) is 30.4 Å². The third kappa shape index (κ3) is 7.09. The SMILES string of the molecule is O=C(Cc1cc(F)cc(F)c1)NC1CC([C@@H]2CC[C@H](OC(=O)NCC3CCOCC3)C2)NN1. The molecule has 3 aliphatic rings. The summed E-state index contributed by atoms with van der Waals surface area (Å²) in [7, 11) is 0. The third-order valence-electron chi connectivity index (χ3n) is 6.70. The van der Waals surface area contributed by atoms with Gasteiger partial charge in [-0.25, -0.2) is 19.0 Å². The van der Waals surface area contributed by atoms with Gasteiger partial charge in [0.2, 0.25) is 5.91 Å². The summed E-state index contributed by atoms with van der Waals surface area (Å²) in [6.45, 7) is 2.12. The Bertz CT molecular complexity index is 816. The van der Waals surface area contributed by atoms with Crippen LogP contribution in [0.5, 0.6) is 0 Å². The van der Waals surface area contributed by atoms with Crippen molar-refractivity contribution in [2.24, 2.45) is 11.8 Å². The smallest absolute Gasteiger partial charge is 0.407 e. The first kappa shape index (κ1) is 23.8. The number of hydrazine groups is 1. The van der Waals surface area contributed by atoms with E-state index in [2.05, 4.69) is 21.5 Å². The average Bonchev–Trinajstić information content (AvgIpc) is 3.41. The molecule has 1 saturated carbocycles. The number of rotatable bonds is 7. The van der Waals surface area contributed by atoms with Gasteiger partial charge in [0.05, 0.1) is 12.6 Å². The van der Waals surface area contributed by atoms with Crippen LogP contribution < -0.4 is 21.5 Å². The Morgan fingerprint density at radius 2 is 1.79 bits per heavy atom. The zero-order chi connectivity index (χ0) is 23.2. The maximum absolute atomic E-state index is 13.3. The molecule has 2 saturated heterocycles. The summed E-state index contributed by atoms with van der Waals surface area (Å²) in [6, 6.07) is 3.23. The van der Waals surface area contributed by atoms with Gasteiger partial charge in [0, 0.05) is 31.9 Å². The van der Waals surface area contributed by atoms with Crippen molar-refractivity contribution in [2.45, 2.75) is 63.3 Å². The van der Waals surface area contributed by atoms with E-state index < -0.39 is 11.6 Å². The molecule has 33 heavy (non-hydrogen) atoms. The second kappa shape index (κ2) is 11.2. The number of amides is 2. The summed E-state index contributed by atoms with van der Waals surface area (Å²) in [5, 5.41) is 5.73. The highest BCUT2D eigenvalue weighted by Gasteiger charge is 2.37. The number of ether oxygens (including phenoxy) is 2. The number of carbonyl (C=O) groups is 2. The van der Waals surface area contributed by atoms with Crippen LogP contribution >= 0.6 is 0 Å². The largest absolute Gasteiger partial charge is 0.446 e. The van der Waals surface area contributed by atoms with E-state index >= 15 is 0 Å². The molecule has 1 aromatic carbocycles. The van der Waals surface area contributed by atoms with E-state index in [1.807, 2.05) is 0 Å². The Morgan fingerprint density at radius 1 is 1.03 bits per heavy atom. The number of hydrogen-bond acceptors (Lipinski definition) is 6. The predicted molar refractivity (Wildman–Crippen MR) is 116 cm³/mol. The molecule has 0 radical (unpaired) electrons. The summed E-state index contributed by atoms with van der Waals surface area (Å²) >= 11 is 0. The maximum atomic E-state index is 13.3. The molecule has 4 atom stereocenters. The Morgan fingerprint density at radius 3 is 2.55 bits per heavy atom. The molecule has 4 N–H and O–H groups in total. The van der Waals surface area contributed by atoms with Gasteiger partial charge in [-0.3, -0.25) is 10.2 Å². The molecule has 3 fully saturated rings. The monoisotopic (exact) mass is 466 g/mol. The van der Waals surface area contributed by atoms with Gasteiger partial charge in [-0.1, -0.05) is 0 Å². The standard InChI is InChI=1S/C23H32F2N4O4/c24-17-7-15(8-18(25)11-17)9-22(30)27-21-12-20(28-29-21)16-1-2-19(10-16)33-23(31)26-13-14-3-5-32-6-4-14/h7-8,11,14,16,19-21,28-29H,1-6,9-10,12-13H2,(H,26,31)(H,27,30)/t16-,19+,20?,21?/m1/s1. The Hall–Kier alpha value is -2.30. The van der Waals surface area contributed by atoms with Gasteiger partial charge in [-0.05, 0) is 68.1 Å². The van der Waals surface area contributed by atoms with Crippen LogP contribution in [0.25, 0.3) is 0 Å². The van der Waals surface area contributed by atoms with E-state index in [4.69, 9.17) is 9.47 Å². The second-order valence-corrected chi connectivity index (χ2v) is 9.24. The van der Waals surface area contributed by atoms with Gasteiger partial charge in [-0.15, -0.1) is 0 Å². The molecule has 1 aliphatic carbocycles. The molecule has 2 amide bonds. The van der Waals surface area contributed by atoms with E-state index in [9.17, 15) is 18.4 Å². The predicted octanol–water partition coefficient (Wildman–Crippen LogP) is 2.14. The molecule has 0 spiro atoms. The average molecular weight is 467 g/mol. The lowest BCUT2D eigenvalue weighted by molar-refractivity contribution is -0.121. The fourth-order valence-corrected chi connectivity index (χ4v) is 4.95. The van der Waals surface area contributed by atoms with Crippen molar-refractivity contribution in [3.05, 3.63) is 35.4 Å². The quantitative estimate of drug-likeness (QED) is 0.491. The van der Waals surface area contributed by atoms with Gasteiger partial charge in [0.25, 0.3) is 0 Å². The molecule has 182 valence electrons. The molecular weight excluding hydrogens is 434 g/mol. The Kier molecular flexibility index (Phi) is 8.11. The second-order valence-electron chi connectivity index (χ2n) is 9.24. The van der Waals surface area contributed by atoms with Gasteiger partial charge in [-0.2, -0.15) is 0 Å². The number of halogens is 2. The van der Waals surface area contributed by atoms with Gasteiger partial charge in [0.1, 0.15) is 17.7 Å². The van der Waals surface area contributed by atoms with Crippen molar-refractivity contribution in [3.8, 4) is 0 Å². The summed E-state index contributed by atoms with van der Waals surface area (Å²) in [5.74, 6) is -0.940. The zero-order valence-electron chi connectivity index (χ0n) is 18.6. The van der Waals surface area contributed by atoms with Crippen LogP contribution in [-0.4, -0.2) is 50.1 Å². The Balaban J connectivity index is 1.15. The number of alkyl carbamates (subject to hydrolysis) is 1. The van der Waals surface area contributed by atoms with Crippen molar-refractivity contribution < 1.29 is 27.8 Å². The minimum absolute atomic E-state index is 0.0974. The lowest BCUT2D eigenvalue weighted by Crippen LogP contribution is -2.45. The van der Waals surface area contributed by atoms with E-state index in [0.717, 1.165) is 63.5 Å². The van der Waals surface area contributed by atoms with E-state index in [1.54, 1.807) is 0 Å². The summed E-state index contributed by atoms with van der Waals surface area (Å²) in [5.41, 5.74) is 6.59. The molecule has 8 nitrogen and oxygen atoms in total.